The normalized spacial score (nSPS) is 30.6. The lowest BCUT2D eigenvalue weighted by Gasteiger charge is -2.42. The van der Waals surface area contributed by atoms with E-state index in [1.54, 1.807) is 0 Å². The molecule has 11 heavy (non-hydrogen) atoms. The van der Waals surface area contributed by atoms with Crippen LogP contribution >= 0.6 is 0 Å². The van der Waals surface area contributed by atoms with Crippen LogP contribution in [0.4, 0.5) is 0 Å². The molecule has 0 aromatic carbocycles. The Morgan fingerprint density at radius 3 is 2.00 bits per heavy atom. The number of aliphatic carboxylic acids is 1. The largest absolute Gasteiger partial charge is 0.481 e. The maximum Gasteiger partial charge on any atom is 0.312 e. The van der Waals surface area contributed by atoms with Gasteiger partial charge in [-0.1, -0.05) is 0 Å². The molecule has 0 unspecified atom stereocenters. The number of carbonyl (C=O) groups is 1. The molecule has 2 fully saturated rings. The average molecular weight is 157 g/mol. The Morgan fingerprint density at radius 1 is 1.36 bits per heavy atom. The second-order valence-electron chi connectivity index (χ2n) is 3.52. The summed E-state index contributed by atoms with van der Waals surface area (Å²) in [6, 6.07) is 0. The summed E-state index contributed by atoms with van der Waals surface area (Å²) in [6.07, 6.45) is 1.25. The zero-order valence-electron chi connectivity index (χ0n) is 6.13. The van der Waals surface area contributed by atoms with Gasteiger partial charge in [-0.25, -0.2) is 0 Å². The van der Waals surface area contributed by atoms with Crippen molar-refractivity contribution in [1.29, 1.82) is 0 Å². The van der Waals surface area contributed by atoms with Crippen LogP contribution in [-0.4, -0.2) is 34.9 Å². The van der Waals surface area contributed by atoms with E-state index in [1.165, 1.54) is 0 Å². The first-order valence-corrected chi connectivity index (χ1v) is 3.77. The Kier molecular flexibility index (Phi) is 1.13. The van der Waals surface area contributed by atoms with Crippen LogP contribution in [0, 0.1) is 5.41 Å². The van der Waals surface area contributed by atoms with Crippen LogP contribution in [0.1, 0.15) is 12.8 Å². The molecule has 2 aliphatic rings. The van der Waals surface area contributed by atoms with E-state index in [0.717, 1.165) is 0 Å². The van der Waals surface area contributed by atoms with Crippen molar-refractivity contribution in [1.82, 2.24) is 5.32 Å². The number of carboxylic acid groups (broad SMARTS) is 1. The lowest BCUT2D eigenvalue weighted by molar-refractivity contribution is -0.160. The van der Waals surface area contributed by atoms with Crippen molar-refractivity contribution in [3.8, 4) is 0 Å². The molecule has 3 N–H and O–H groups in total. The lowest BCUT2D eigenvalue weighted by Crippen LogP contribution is -2.66. The molecule has 0 amide bonds. The maximum atomic E-state index is 10.7. The van der Waals surface area contributed by atoms with Crippen molar-refractivity contribution < 1.29 is 15.0 Å². The highest BCUT2D eigenvalue weighted by molar-refractivity contribution is 5.80. The summed E-state index contributed by atoms with van der Waals surface area (Å²) >= 11 is 0. The van der Waals surface area contributed by atoms with E-state index < -0.39 is 17.0 Å². The molecule has 4 nitrogen and oxygen atoms in total. The van der Waals surface area contributed by atoms with Gasteiger partial charge in [-0.3, -0.25) is 4.79 Å². The molecule has 0 aromatic heterocycles. The number of aliphatic hydroxyl groups is 1. The van der Waals surface area contributed by atoms with Gasteiger partial charge in [0.1, 0.15) is 5.60 Å². The molecule has 1 saturated carbocycles. The van der Waals surface area contributed by atoms with Crippen LogP contribution in [0.5, 0.6) is 0 Å². The molecule has 1 aliphatic carbocycles. The summed E-state index contributed by atoms with van der Waals surface area (Å²) in [6.45, 7) is 0.860. The topological polar surface area (TPSA) is 69.6 Å². The minimum absolute atomic E-state index is 0.430. The summed E-state index contributed by atoms with van der Waals surface area (Å²) in [5.74, 6) is -0.846. The number of rotatable bonds is 2. The molecule has 2 rings (SSSR count). The monoisotopic (exact) mass is 157 g/mol. The fourth-order valence-electron chi connectivity index (χ4n) is 1.70. The molecule has 1 heterocycles. The summed E-state index contributed by atoms with van der Waals surface area (Å²) in [5, 5.41) is 21.4. The average Bonchev–Trinajstić information content (AvgIpc) is 2.61. The third-order valence-corrected chi connectivity index (χ3v) is 2.89. The Morgan fingerprint density at radius 2 is 1.91 bits per heavy atom. The van der Waals surface area contributed by atoms with Crippen LogP contribution in [0.15, 0.2) is 0 Å². The summed E-state index contributed by atoms with van der Waals surface area (Å²) < 4.78 is 0. The number of nitrogens with one attached hydrogen (secondary N) is 1. The van der Waals surface area contributed by atoms with Gasteiger partial charge in [0.25, 0.3) is 0 Å². The first kappa shape index (κ1) is 7.06. The molecule has 0 spiro atoms. The third kappa shape index (κ3) is 0.684. The number of β-amino-alcohol motifs (C(OH)–C–C–N with tert-alkyl or cyclic N) is 1. The van der Waals surface area contributed by atoms with Crippen molar-refractivity contribution in [3.05, 3.63) is 0 Å². The van der Waals surface area contributed by atoms with Crippen LogP contribution in [0.3, 0.4) is 0 Å². The lowest BCUT2D eigenvalue weighted by atomic mass is 9.79. The van der Waals surface area contributed by atoms with E-state index in [1.807, 2.05) is 0 Å². The smallest absolute Gasteiger partial charge is 0.312 e. The van der Waals surface area contributed by atoms with E-state index in [0.29, 0.717) is 25.9 Å². The van der Waals surface area contributed by atoms with E-state index in [4.69, 9.17) is 5.11 Å². The highest BCUT2D eigenvalue weighted by Gasteiger charge is 2.66. The van der Waals surface area contributed by atoms with Gasteiger partial charge in [0.15, 0.2) is 0 Å². The molecular weight excluding hydrogens is 146 g/mol. The highest BCUT2D eigenvalue weighted by Crippen LogP contribution is 2.55. The minimum atomic E-state index is -0.959. The highest BCUT2D eigenvalue weighted by atomic mass is 16.4. The molecular formula is C7H11NO3. The first-order valence-electron chi connectivity index (χ1n) is 3.77. The number of carboxylic acids is 1. The molecule has 0 atom stereocenters. The molecule has 0 bridgehead atoms. The third-order valence-electron chi connectivity index (χ3n) is 2.89. The first-order chi connectivity index (χ1) is 5.11. The predicted molar refractivity (Wildman–Crippen MR) is 37.1 cm³/mol. The molecule has 0 aromatic rings. The van der Waals surface area contributed by atoms with Gasteiger partial charge in [0.2, 0.25) is 0 Å². The molecule has 1 saturated heterocycles. The van der Waals surface area contributed by atoms with Gasteiger partial charge < -0.3 is 15.5 Å². The van der Waals surface area contributed by atoms with Crippen LogP contribution in [0.2, 0.25) is 0 Å². The molecule has 1 aliphatic heterocycles. The molecule has 0 radical (unpaired) electrons. The molecule has 62 valence electrons. The van der Waals surface area contributed by atoms with Crippen molar-refractivity contribution in [2.75, 3.05) is 13.1 Å². The Balaban J connectivity index is 2.19. The predicted octanol–water partition coefficient (Wildman–Crippen LogP) is -0.815. The maximum absolute atomic E-state index is 10.7. The van der Waals surface area contributed by atoms with Gasteiger partial charge in [-0.2, -0.15) is 0 Å². The summed E-state index contributed by atoms with van der Waals surface area (Å²) in [7, 11) is 0. The fraction of sp³-hybridized carbons (Fsp3) is 0.857. The van der Waals surface area contributed by atoms with Crippen molar-refractivity contribution >= 4 is 5.97 Å². The van der Waals surface area contributed by atoms with Gasteiger partial charge in [0, 0.05) is 13.1 Å². The number of hydrogen-bond donors (Lipinski definition) is 3. The van der Waals surface area contributed by atoms with E-state index in [9.17, 15) is 9.90 Å². The second kappa shape index (κ2) is 1.76. The van der Waals surface area contributed by atoms with E-state index in [-0.39, 0.29) is 0 Å². The minimum Gasteiger partial charge on any atom is -0.481 e. The van der Waals surface area contributed by atoms with Gasteiger partial charge in [-0.15, -0.1) is 0 Å². The SMILES string of the molecule is O=C(O)C1(C2(O)CNC2)CC1. The van der Waals surface area contributed by atoms with Gasteiger partial charge in [0.05, 0.1) is 5.41 Å². The van der Waals surface area contributed by atoms with Crippen molar-refractivity contribution in [2.45, 2.75) is 18.4 Å². The molecule has 4 heteroatoms. The standard InChI is InChI=1S/C7H11NO3/c9-5(10)6(1-2-6)7(11)3-8-4-7/h8,11H,1-4H2,(H,9,10). The van der Waals surface area contributed by atoms with Gasteiger partial charge in [-0.05, 0) is 12.8 Å². The summed E-state index contributed by atoms with van der Waals surface area (Å²) in [4.78, 5) is 10.7. The Bertz CT molecular complexity index is 206. The van der Waals surface area contributed by atoms with E-state index >= 15 is 0 Å². The quantitative estimate of drug-likeness (QED) is 0.490. The van der Waals surface area contributed by atoms with Crippen molar-refractivity contribution in [2.24, 2.45) is 5.41 Å². The Labute approximate surface area is 64.2 Å². The second-order valence-corrected chi connectivity index (χ2v) is 3.52. The van der Waals surface area contributed by atoms with Crippen LogP contribution in [-0.2, 0) is 4.79 Å². The fourth-order valence-corrected chi connectivity index (χ4v) is 1.70. The van der Waals surface area contributed by atoms with Crippen LogP contribution in [0.25, 0.3) is 0 Å². The number of hydrogen-bond acceptors (Lipinski definition) is 3. The van der Waals surface area contributed by atoms with Crippen LogP contribution < -0.4 is 5.32 Å². The Hall–Kier alpha value is -0.610. The zero-order valence-corrected chi connectivity index (χ0v) is 6.13. The van der Waals surface area contributed by atoms with Crippen molar-refractivity contribution in [3.63, 3.8) is 0 Å². The zero-order chi connectivity index (χ0) is 8.11. The summed E-state index contributed by atoms with van der Waals surface area (Å²) in [5.41, 5.74) is -1.77. The van der Waals surface area contributed by atoms with Gasteiger partial charge >= 0.3 is 5.97 Å². The van der Waals surface area contributed by atoms with E-state index in [2.05, 4.69) is 5.32 Å².